The molecule has 66 valence electrons. The number of esters is 1. The summed E-state index contributed by atoms with van der Waals surface area (Å²) in [5, 5.41) is 3.64. The van der Waals surface area contributed by atoms with Crippen molar-refractivity contribution < 1.29 is 14.1 Å². The lowest BCUT2D eigenvalue weighted by Crippen LogP contribution is -2.04. The summed E-state index contributed by atoms with van der Waals surface area (Å²) in [7, 11) is 0. The maximum absolute atomic E-state index is 10.4. The van der Waals surface area contributed by atoms with Gasteiger partial charge >= 0.3 is 5.97 Å². The summed E-state index contributed by atoms with van der Waals surface area (Å²) in [6.07, 6.45) is 0.497. The predicted octanol–water partition coefficient (Wildman–Crippen LogP) is 0.484. The molecule has 0 aliphatic heterocycles. The summed E-state index contributed by atoms with van der Waals surface area (Å²) in [5.41, 5.74) is 0. The molecule has 12 heavy (non-hydrogen) atoms. The molecule has 0 unspecified atom stereocenters. The number of rotatable bonds is 3. The van der Waals surface area contributed by atoms with Crippen molar-refractivity contribution in [2.75, 3.05) is 6.61 Å². The molecule has 5 nitrogen and oxygen atoms in total. The minimum Gasteiger partial charge on any atom is -0.465 e. The highest BCUT2D eigenvalue weighted by Gasteiger charge is 2.02. The van der Waals surface area contributed by atoms with E-state index in [1.807, 2.05) is 0 Å². The van der Waals surface area contributed by atoms with Crippen LogP contribution in [0.4, 0.5) is 0 Å². The zero-order valence-corrected chi connectivity index (χ0v) is 7.03. The lowest BCUT2D eigenvalue weighted by atomic mass is 10.4. The van der Waals surface area contributed by atoms with Gasteiger partial charge in [0.25, 0.3) is 0 Å². The second-order valence-electron chi connectivity index (χ2n) is 2.32. The molecule has 0 saturated heterocycles. The van der Waals surface area contributed by atoms with Crippen LogP contribution in [0.15, 0.2) is 4.52 Å². The molecule has 1 aromatic heterocycles. The van der Waals surface area contributed by atoms with Crippen molar-refractivity contribution in [3.8, 4) is 0 Å². The van der Waals surface area contributed by atoms with Crippen molar-refractivity contribution in [3.63, 3.8) is 0 Å². The van der Waals surface area contributed by atoms with Gasteiger partial charge in [-0.3, -0.25) is 4.79 Å². The van der Waals surface area contributed by atoms with E-state index < -0.39 is 0 Å². The fourth-order valence-electron chi connectivity index (χ4n) is 0.729. The van der Waals surface area contributed by atoms with Crippen molar-refractivity contribution in [2.24, 2.45) is 0 Å². The molecule has 1 heterocycles. The topological polar surface area (TPSA) is 65.2 Å². The highest BCUT2D eigenvalue weighted by Crippen LogP contribution is 1.95. The first kappa shape index (κ1) is 8.70. The second kappa shape index (κ2) is 3.85. The molecule has 0 radical (unpaired) electrons. The van der Waals surface area contributed by atoms with Gasteiger partial charge in [0.1, 0.15) is 0 Å². The van der Waals surface area contributed by atoms with Crippen molar-refractivity contribution in [2.45, 2.75) is 20.3 Å². The van der Waals surface area contributed by atoms with Crippen molar-refractivity contribution in [1.82, 2.24) is 10.1 Å². The average molecular weight is 170 g/mol. The van der Waals surface area contributed by atoms with Crippen LogP contribution < -0.4 is 0 Å². The van der Waals surface area contributed by atoms with Gasteiger partial charge in [0, 0.05) is 20.3 Å². The van der Waals surface area contributed by atoms with Gasteiger partial charge in [-0.2, -0.15) is 4.98 Å². The molecule has 0 atom stereocenters. The number of aromatic nitrogens is 2. The Bertz CT molecular complexity index is 269. The maximum Gasteiger partial charge on any atom is 0.302 e. The summed E-state index contributed by atoms with van der Waals surface area (Å²) in [5.74, 6) is 0.789. The Hall–Kier alpha value is -1.39. The molecule has 0 bridgehead atoms. The molecular weight excluding hydrogens is 160 g/mol. The smallest absolute Gasteiger partial charge is 0.302 e. The van der Waals surface area contributed by atoms with Crippen LogP contribution in [-0.4, -0.2) is 22.7 Å². The van der Waals surface area contributed by atoms with E-state index in [-0.39, 0.29) is 5.97 Å². The van der Waals surface area contributed by atoms with E-state index in [0.717, 1.165) is 0 Å². The number of hydrogen-bond donors (Lipinski definition) is 0. The number of carbonyl (C=O) groups is 1. The van der Waals surface area contributed by atoms with E-state index in [1.165, 1.54) is 6.92 Å². The monoisotopic (exact) mass is 170 g/mol. The molecule has 0 spiro atoms. The van der Waals surface area contributed by atoms with Gasteiger partial charge in [0.15, 0.2) is 5.82 Å². The number of carbonyl (C=O) groups excluding carboxylic acids is 1. The van der Waals surface area contributed by atoms with Crippen molar-refractivity contribution in [3.05, 3.63) is 11.7 Å². The number of aryl methyl sites for hydroxylation is 1. The molecule has 0 amide bonds. The van der Waals surface area contributed by atoms with Gasteiger partial charge < -0.3 is 9.26 Å². The van der Waals surface area contributed by atoms with Crippen LogP contribution >= 0.6 is 0 Å². The van der Waals surface area contributed by atoms with E-state index in [4.69, 9.17) is 9.26 Å². The largest absolute Gasteiger partial charge is 0.465 e. The third-order valence-corrected chi connectivity index (χ3v) is 1.20. The molecule has 0 aliphatic rings. The highest BCUT2D eigenvalue weighted by molar-refractivity contribution is 5.65. The van der Waals surface area contributed by atoms with Gasteiger partial charge in [0.05, 0.1) is 6.61 Å². The van der Waals surface area contributed by atoms with E-state index >= 15 is 0 Å². The molecule has 0 saturated carbocycles. The number of nitrogens with zero attached hydrogens (tertiary/aromatic N) is 2. The Balaban J connectivity index is 2.29. The van der Waals surface area contributed by atoms with Gasteiger partial charge in [0.2, 0.25) is 5.89 Å². The highest BCUT2D eigenvalue weighted by atomic mass is 16.5. The fourth-order valence-corrected chi connectivity index (χ4v) is 0.729. The molecular formula is C7H10N2O3. The first-order chi connectivity index (χ1) is 5.68. The van der Waals surface area contributed by atoms with Gasteiger partial charge in [-0.1, -0.05) is 5.16 Å². The van der Waals surface area contributed by atoms with Crippen molar-refractivity contribution in [1.29, 1.82) is 0 Å². The van der Waals surface area contributed by atoms with Crippen LogP contribution in [0.5, 0.6) is 0 Å². The third kappa shape index (κ3) is 2.69. The SMILES string of the molecule is CC(=O)OCCc1noc(C)n1. The minimum atomic E-state index is -0.296. The Kier molecular flexibility index (Phi) is 2.79. The van der Waals surface area contributed by atoms with Crippen molar-refractivity contribution >= 4 is 5.97 Å². The Labute approximate surface area is 69.7 Å². The fraction of sp³-hybridized carbons (Fsp3) is 0.571. The van der Waals surface area contributed by atoms with Crippen LogP contribution in [-0.2, 0) is 16.0 Å². The summed E-state index contributed by atoms with van der Waals surface area (Å²) >= 11 is 0. The van der Waals surface area contributed by atoms with Crippen LogP contribution in [0, 0.1) is 6.92 Å². The molecule has 5 heteroatoms. The van der Waals surface area contributed by atoms with E-state index in [9.17, 15) is 4.79 Å². The predicted molar refractivity (Wildman–Crippen MR) is 39.4 cm³/mol. The second-order valence-corrected chi connectivity index (χ2v) is 2.32. The van der Waals surface area contributed by atoms with Crippen LogP contribution in [0.3, 0.4) is 0 Å². The van der Waals surface area contributed by atoms with E-state index in [1.54, 1.807) is 6.92 Å². The minimum absolute atomic E-state index is 0.296. The molecule has 0 aliphatic carbocycles. The van der Waals surface area contributed by atoms with Gasteiger partial charge in [-0.15, -0.1) is 0 Å². The lowest BCUT2D eigenvalue weighted by molar-refractivity contribution is -0.140. The normalized spacial score (nSPS) is 9.83. The summed E-state index contributed by atoms with van der Waals surface area (Å²) < 4.78 is 9.41. The summed E-state index contributed by atoms with van der Waals surface area (Å²) in [6, 6.07) is 0. The van der Waals surface area contributed by atoms with E-state index in [2.05, 4.69) is 10.1 Å². The maximum atomic E-state index is 10.4. The van der Waals surface area contributed by atoms with Gasteiger partial charge in [-0.05, 0) is 0 Å². The average Bonchev–Trinajstić information content (AvgIpc) is 2.35. The van der Waals surface area contributed by atoms with Crippen LogP contribution in [0.2, 0.25) is 0 Å². The Morgan fingerprint density at radius 2 is 2.42 bits per heavy atom. The zero-order valence-electron chi connectivity index (χ0n) is 7.03. The standard InChI is InChI=1S/C7H10N2O3/c1-5-8-7(9-12-5)3-4-11-6(2)10/h3-4H2,1-2H3. The summed E-state index contributed by atoms with van der Waals surface area (Å²) in [4.78, 5) is 14.3. The summed E-state index contributed by atoms with van der Waals surface area (Å²) in [6.45, 7) is 3.37. The first-order valence-corrected chi connectivity index (χ1v) is 3.61. The zero-order chi connectivity index (χ0) is 8.97. The Morgan fingerprint density at radius 3 is 2.92 bits per heavy atom. The number of hydrogen-bond acceptors (Lipinski definition) is 5. The molecule has 0 N–H and O–H groups in total. The van der Waals surface area contributed by atoms with E-state index in [0.29, 0.717) is 24.7 Å². The van der Waals surface area contributed by atoms with Gasteiger partial charge in [-0.25, -0.2) is 0 Å². The Morgan fingerprint density at radius 1 is 1.67 bits per heavy atom. The quantitative estimate of drug-likeness (QED) is 0.617. The lowest BCUT2D eigenvalue weighted by Gasteiger charge is -1.96. The molecule has 0 fully saturated rings. The molecule has 1 rings (SSSR count). The first-order valence-electron chi connectivity index (χ1n) is 3.61. The number of ether oxygens (including phenoxy) is 1. The van der Waals surface area contributed by atoms with Crippen LogP contribution in [0.25, 0.3) is 0 Å². The molecule has 0 aromatic carbocycles. The third-order valence-electron chi connectivity index (χ3n) is 1.20. The van der Waals surface area contributed by atoms with Crippen LogP contribution in [0.1, 0.15) is 18.6 Å². The molecule has 1 aromatic rings.